The van der Waals surface area contributed by atoms with Gasteiger partial charge in [0.15, 0.2) is 5.16 Å². The molecule has 1 N–H and O–H groups in total. The molecule has 0 aliphatic rings. The SMILES string of the molecule is CCOC(=O)c1ccc(NC(=O)CSc2nc3sc(C)c(C)c3c(=O)n2-c2cccc(Cl)c2)cc1. The molecule has 2 aromatic heterocycles. The van der Waals surface area contributed by atoms with Gasteiger partial charge in [0.2, 0.25) is 5.91 Å². The van der Waals surface area contributed by atoms with E-state index in [1.54, 1.807) is 55.5 Å². The number of halogens is 1. The van der Waals surface area contributed by atoms with E-state index in [9.17, 15) is 14.4 Å². The number of benzene rings is 2. The average molecular weight is 528 g/mol. The van der Waals surface area contributed by atoms with E-state index in [4.69, 9.17) is 21.3 Å². The summed E-state index contributed by atoms with van der Waals surface area (Å²) in [5.41, 5.74) is 2.24. The molecule has 2 heterocycles. The van der Waals surface area contributed by atoms with Crippen molar-refractivity contribution in [1.29, 1.82) is 0 Å². The monoisotopic (exact) mass is 527 g/mol. The van der Waals surface area contributed by atoms with Crippen LogP contribution in [0.4, 0.5) is 5.69 Å². The van der Waals surface area contributed by atoms with E-state index in [0.29, 0.717) is 43.9 Å². The molecule has 0 radical (unpaired) electrons. The van der Waals surface area contributed by atoms with Gasteiger partial charge in [-0.3, -0.25) is 14.2 Å². The molecule has 1 amide bonds. The number of thioether (sulfide) groups is 1. The molecular formula is C25H22ClN3O4S2. The van der Waals surface area contributed by atoms with Crippen molar-refractivity contribution in [2.75, 3.05) is 17.7 Å². The Balaban J connectivity index is 1.59. The largest absolute Gasteiger partial charge is 0.462 e. The molecule has 2 aromatic carbocycles. The Labute approximate surface area is 215 Å². The normalized spacial score (nSPS) is 11.0. The number of nitrogens with zero attached hydrogens (tertiary/aromatic N) is 2. The number of hydrogen-bond acceptors (Lipinski definition) is 7. The second kappa shape index (κ2) is 10.6. The van der Waals surface area contributed by atoms with Crippen LogP contribution in [0.1, 0.15) is 27.7 Å². The standard InChI is InChI=1S/C25H22ClN3O4S2/c1-4-33-24(32)16-8-10-18(11-9-16)27-20(30)13-34-25-28-22-21(14(2)15(3)35-22)23(31)29(25)19-7-5-6-17(26)12-19/h5-12H,4,13H2,1-3H3,(H,27,30). The Bertz CT molecular complexity index is 1480. The summed E-state index contributed by atoms with van der Waals surface area (Å²) in [6, 6.07) is 13.4. The van der Waals surface area contributed by atoms with Gasteiger partial charge in [-0.2, -0.15) is 0 Å². The van der Waals surface area contributed by atoms with Crippen molar-refractivity contribution in [1.82, 2.24) is 9.55 Å². The molecular weight excluding hydrogens is 506 g/mol. The molecule has 4 aromatic rings. The van der Waals surface area contributed by atoms with Crippen molar-refractivity contribution >= 4 is 62.5 Å². The lowest BCUT2D eigenvalue weighted by Gasteiger charge is -2.13. The third-order valence-corrected chi connectivity index (χ3v) is 7.53. The number of esters is 1. The topological polar surface area (TPSA) is 90.3 Å². The van der Waals surface area contributed by atoms with Gasteiger partial charge in [0.1, 0.15) is 4.83 Å². The maximum atomic E-state index is 13.5. The van der Waals surface area contributed by atoms with Gasteiger partial charge >= 0.3 is 5.97 Å². The second-order valence-electron chi connectivity index (χ2n) is 7.61. The number of anilines is 1. The summed E-state index contributed by atoms with van der Waals surface area (Å²) < 4.78 is 6.47. The number of carbonyl (C=O) groups excluding carboxylic acids is 2. The van der Waals surface area contributed by atoms with Crippen LogP contribution in [-0.4, -0.2) is 33.8 Å². The van der Waals surface area contributed by atoms with E-state index in [1.807, 2.05) is 13.8 Å². The van der Waals surface area contributed by atoms with Crippen molar-refractivity contribution in [2.24, 2.45) is 0 Å². The van der Waals surface area contributed by atoms with Crippen molar-refractivity contribution in [3.05, 3.63) is 79.9 Å². The van der Waals surface area contributed by atoms with Crippen LogP contribution in [0.15, 0.2) is 58.5 Å². The zero-order chi connectivity index (χ0) is 25.1. The summed E-state index contributed by atoms with van der Waals surface area (Å²) in [7, 11) is 0. The maximum Gasteiger partial charge on any atom is 0.338 e. The molecule has 0 aliphatic carbocycles. The summed E-state index contributed by atoms with van der Waals surface area (Å²) in [6.07, 6.45) is 0. The van der Waals surface area contributed by atoms with E-state index in [1.165, 1.54) is 15.9 Å². The van der Waals surface area contributed by atoms with E-state index in [2.05, 4.69) is 5.32 Å². The molecule has 0 atom stereocenters. The van der Waals surface area contributed by atoms with Crippen LogP contribution in [0.25, 0.3) is 15.9 Å². The van der Waals surface area contributed by atoms with Crippen LogP contribution < -0.4 is 10.9 Å². The number of hydrogen-bond donors (Lipinski definition) is 1. The van der Waals surface area contributed by atoms with Gasteiger partial charge in [0.25, 0.3) is 5.56 Å². The molecule has 0 bridgehead atoms. The first kappa shape index (κ1) is 25.0. The lowest BCUT2D eigenvalue weighted by Crippen LogP contribution is -2.22. The smallest absolute Gasteiger partial charge is 0.338 e. The van der Waals surface area contributed by atoms with Gasteiger partial charge in [0.05, 0.1) is 29.0 Å². The number of rotatable bonds is 7. The number of nitrogens with one attached hydrogen (secondary N) is 1. The summed E-state index contributed by atoms with van der Waals surface area (Å²) in [4.78, 5) is 44.3. The van der Waals surface area contributed by atoms with Crippen LogP contribution in [0, 0.1) is 13.8 Å². The van der Waals surface area contributed by atoms with Crippen LogP contribution in [0.5, 0.6) is 0 Å². The highest BCUT2D eigenvalue weighted by Crippen LogP contribution is 2.30. The molecule has 4 rings (SSSR count). The number of carbonyl (C=O) groups is 2. The fraction of sp³-hybridized carbons (Fsp3) is 0.200. The third-order valence-electron chi connectivity index (χ3n) is 5.25. The predicted molar refractivity (Wildman–Crippen MR) is 141 cm³/mol. The minimum absolute atomic E-state index is 0.0292. The first-order valence-corrected chi connectivity index (χ1v) is 12.9. The molecule has 35 heavy (non-hydrogen) atoms. The highest BCUT2D eigenvalue weighted by atomic mass is 35.5. The lowest BCUT2D eigenvalue weighted by molar-refractivity contribution is -0.113. The van der Waals surface area contributed by atoms with Crippen molar-refractivity contribution in [3.8, 4) is 5.69 Å². The molecule has 7 nitrogen and oxygen atoms in total. The van der Waals surface area contributed by atoms with Crippen LogP contribution in [-0.2, 0) is 9.53 Å². The van der Waals surface area contributed by atoms with Crippen molar-refractivity contribution < 1.29 is 14.3 Å². The predicted octanol–water partition coefficient (Wildman–Crippen LogP) is 5.62. The number of amides is 1. The molecule has 180 valence electrons. The fourth-order valence-corrected chi connectivity index (χ4v) is 5.51. The van der Waals surface area contributed by atoms with Crippen molar-refractivity contribution in [3.63, 3.8) is 0 Å². The minimum Gasteiger partial charge on any atom is -0.462 e. The highest BCUT2D eigenvalue weighted by Gasteiger charge is 2.19. The molecule has 0 spiro atoms. The van der Waals surface area contributed by atoms with Crippen LogP contribution in [0.3, 0.4) is 0 Å². The maximum absolute atomic E-state index is 13.5. The van der Waals surface area contributed by atoms with E-state index < -0.39 is 5.97 Å². The minimum atomic E-state index is -0.416. The molecule has 0 fully saturated rings. The van der Waals surface area contributed by atoms with Gasteiger partial charge < -0.3 is 10.1 Å². The number of thiophene rings is 1. The molecule has 0 aliphatic heterocycles. The Kier molecular flexibility index (Phi) is 7.59. The molecule has 10 heteroatoms. The lowest BCUT2D eigenvalue weighted by atomic mass is 10.2. The number of ether oxygens (including phenoxy) is 1. The number of fused-ring (bicyclic) bond motifs is 1. The zero-order valence-electron chi connectivity index (χ0n) is 19.3. The summed E-state index contributed by atoms with van der Waals surface area (Å²) >= 11 is 8.80. The Morgan fingerprint density at radius 3 is 2.60 bits per heavy atom. The van der Waals surface area contributed by atoms with Gasteiger partial charge in [0, 0.05) is 15.6 Å². The third kappa shape index (κ3) is 5.42. The van der Waals surface area contributed by atoms with Gasteiger partial charge in [-0.15, -0.1) is 11.3 Å². The van der Waals surface area contributed by atoms with Crippen LogP contribution in [0.2, 0.25) is 5.02 Å². The molecule has 0 saturated heterocycles. The Morgan fingerprint density at radius 2 is 1.91 bits per heavy atom. The van der Waals surface area contributed by atoms with E-state index in [-0.39, 0.29) is 17.2 Å². The second-order valence-corrected chi connectivity index (χ2v) is 10.2. The summed E-state index contributed by atoms with van der Waals surface area (Å²) in [5.74, 6) is -0.661. The highest BCUT2D eigenvalue weighted by molar-refractivity contribution is 7.99. The number of aromatic nitrogens is 2. The quantitative estimate of drug-likeness (QED) is 0.190. The van der Waals surface area contributed by atoms with E-state index in [0.717, 1.165) is 22.2 Å². The first-order valence-electron chi connectivity index (χ1n) is 10.8. The van der Waals surface area contributed by atoms with E-state index >= 15 is 0 Å². The van der Waals surface area contributed by atoms with Crippen LogP contribution >= 0.6 is 34.7 Å². The zero-order valence-corrected chi connectivity index (χ0v) is 21.6. The molecule has 0 saturated carbocycles. The Morgan fingerprint density at radius 1 is 1.17 bits per heavy atom. The van der Waals surface area contributed by atoms with Gasteiger partial charge in [-0.1, -0.05) is 29.4 Å². The summed E-state index contributed by atoms with van der Waals surface area (Å²) in [5, 5.41) is 4.27. The number of aryl methyl sites for hydroxylation is 2. The van der Waals surface area contributed by atoms with Crippen molar-refractivity contribution in [2.45, 2.75) is 25.9 Å². The fourth-order valence-electron chi connectivity index (χ4n) is 3.45. The molecule has 0 unspecified atom stereocenters. The van der Waals surface area contributed by atoms with Gasteiger partial charge in [-0.25, -0.2) is 9.78 Å². The van der Waals surface area contributed by atoms with Gasteiger partial charge in [-0.05, 0) is 68.8 Å². The first-order chi connectivity index (χ1) is 16.8. The average Bonchev–Trinajstić information content (AvgIpc) is 3.11. The summed E-state index contributed by atoms with van der Waals surface area (Å²) in [6.45, 7) is 5.90. The Hall–Kier alpha value is -3.14.